The number of carbonyl (C=O) groups is 1. The Morgan fingerprint density at radius 2 is 1.59 bits per heavy atom. The largest absolute Gasteiger partial charge is 0.497 e. The van der Waals surface area contributed by atoms with Crippen LogP contribution in [0.1, 0.15) is 34.0 Å². The van der Waals surface area contributed by atoms with Gasteiger partial charge in [-0.05, 0) is 66.4 Å². The molecule has 3 heterocycles. The van der Waals surface area contributed by atoms with Gasteiger partial charge in [-0.2, -0.15) is 0 Å². The molecule has 2 bridgehead atoms. The van der Waals surface area contributed by atoms with Gasteiger partial charge in [0.1, 0.15) is 17.2 Å². The summed E-state index contributed by atoms with van der Waals surface area (Å²) in [4.78, 5) is 28.3. The summed E-state index contributed by atoms with van der Waals surface area (Å²) in [5.41, 5.74) is 3.37. The zero-order valence-electron chi connectivity index (χ0n) is 19.5. The van der Waals surface area contributed by atoms with Gasteiger partial charge in [0.2, 0.25) is 0 Å². The van der Waals surface area contributed by atoms with E-state index in [9.17, 15) is 9.59 Å². The molecule has 0 aliphatic carbocycles. The second-order valence-corrected chi connectivity index (χ2v) is 9.03. The summed E-state index contributed by atoms with van der Waals surface area (Å²) in [5, 5.41) is 3.29. The van der Waals surface area contributed by atoms with Crippen LogP contribution < -0.4 is 20.3 Å². The van der Waals surface area contributed by atoms with Crippen LogP contribution in [0.25, 0.3) is 0 Å². The number of methoxy groups -OCH3 is 2. The minimum atomic E-state index is 0.00985. The van der Waals surface area contributed by atoms with E-state index in [2.05, 4.69) is 5.32 Å². The van der Waals surface area contributed by atoms with Gasteiger partial charge in [0.25, 0.3) is 11.5 Å². The molecule has 2 aromatic carbocycles. The summed E-state index contributed by atoms with van der Waals surface area (Å²) in [6.45, 7) is 2.49. The third-order valence-electron chi connectivity index (χ3n) is 6.87. The summed E-state index contributed by atoms with van der Waals surface area (Å²) in [6, 6.07) is 19.0. The van der Waals surface area contributed by atoms with Crippen LogP contribution in [0.15, 0.2) is 65.5 Å². The predicted octanol–water partition coefficient (Wildman–Crippen LogP) is 3.74. The van der Waals surface area contributed by atoms with Gasteiger partial charge < -0.3 is 24.3 Å². The first-order valence-electron chi connectivity index (χ1n) is 11.6. The Morgan fingerprint density at radius 3 is 2.26 bits per heavy atom. The van der Waals surface area contributed by atoms with Gasteiger partial charge in [0, 0.05) is 43.4 Å². The molecule has 3 aromatic rings. The van der Waals surface area contributed by atoms with Crippen molar-refractivity contribution in [2.24, 2.45) is 5.92 Å². The van der Waals surface area contributed by atoms with Crippen molar-refractivity contribution >= 4 is 11.6 Å². The van der Waals surface area contributed by atoms with Crippen molar-refractivity contribution < 1.29 is 14.3 Å². The number of pyridine rings is 1. The minimum absolute atomic E-state index is 0.00985. The van der Waals surface area contributed by atoms with Crippen molar-refractivity contribution in [1.82, 2.24) is 9.47 Å². The lowest BCUT2D eigenvalue weighted by molar-refractivity contribution is 0.0594. The summed E-state index contributed by atoms with van der Waals surface area (Å²) < 4.78 is 12.3. The van der Waals surface area contributed by atoms with Gasteiger partial charge >= 0.3 is 0 Å². The van der Waals surface area contributed by atoms with Crippen LogP contribution in [0.5, 0.6) is 11.5 Å². The highest BCUT2D eigenvalue weighted by Gasteiger charge is 2.36. The maximum atomic E-state index is 13.3. The molecule has 1 fully saturated rings. The molecule has 0 saturated carbocycles. The van der Waals surface area contributed by atoms with E-state index in [1.807, 2.05) is 70.1 Å². The molecule has 1 amide bonds. The SMILES string of the molecule is COc1ccc(CNc2ccc3n(c2=O)C[C@@H]2C[C@@H]3CN(C(=O)c3ccc(OC)cc3)C2)cc1. The predicted molar refractivity (Wildman–Crippen MR) is 131 cm³/mol. The number of anilines is 1. The number of ether oxygens (including phenoxy) is 2. The number of benzene rings is 2. The third-order valence-corrected chi connectivity index (χ3v) is 6.87. The number of carbonyl (C=O) groups excluding carboxylic acids is 1. The standard InChI is InChI=1S/C27H29N3O4/c1-33-22-7-3-18(4-8-22)14-28-24-11-12-25-21-13-19(16-30(25)27(24)32)15-29(17-21)26(31)20-5-9-23(34-2)10-6-20/h3-12,19,21,28H,13-17H2,1-2H3/t19-,21-/m1/s1. The fourth-order valence-electron chi connectivity index (χ4n) is 5.10. The number of likely N-dealkylation sites (tertiary alicyclic amines) is 1. The molecule has 5 rings (SSSR count). The van der Waals surface area contributed by atoms with Gasteiger partial charge in [0.05, 0.1) is 14.2 Å². The normalized spacial score (nSPS) is 18.7. The number of piperidine rings is 1. The number of nitrogens with one attached hydrogen (secondary N) is 1. The first kappa shape index (κ1) is 22.1. The molecule has 0 unspecified atom stereocenters. The number of hydrogen-bond acceptors (Lipinski definition) is 5. The molecule has 0 radical (unpaired) electrons. The van der Waals surface area contributed by atoms with Crippen molar-refractivity contribution in [3.8, 4) is 11.5 Å². The second-order valence-electron chi connectivity index (χ2n) is 9.03. The number of hydrogen-bond donors (Lipinski definition) is 1. The van der Waals surface area contributed by atoms with Crippen molar-refractivity contribution in [3.05, 3.63) is 87.8 Å². The van der Waals surface area contributed by atoms with Crippen molar-refractivity contribution in [3.63, 3.8) is 0 Å². The quantitative estimate of drug-likeness (QED) is 0.608. The molecule has 176 valence electrons. The highest BCUT2D eigenvalue weighted by atomic mass is 16.5. The summed E-state index contributed by atoms with van der Waals surface area (Å²) in [6.07, 6.45) is 1.00. The number of amides is 1. The Morgan fingerprint density at radius 1 is 0.912 bits per heavy atom. The Kier molecular flexibility index (Phi) is 6.01. The van der Waals surface area contributed by atoms with Crippen molar-refractivity contribution in [2.45, 2.75) is 25.4 Å². The van der Waals surface area contributed by atoms with Gasteiger partial charge in [0.15, 0.2) is 0 Å². The molecular formula is C27H29N3O4. The summed E-state index contributed by atoms with van der Waals surface area (Å²) in [7, 11) is 3.26. The highest BCUT2D eigenvalue weighted by Crippen LogP contribution is 2.36. The maximum Gasteiger partial charge on any atom is 0.274 e. The Bertz CT molecular complexity index is 1230. The average molecular weight is 460 g/mol. The van der Waals surface area contributed by atoms with E-state index >= 15 is 0 Å². The Hall–Kier alpha value is -3.74. The van der Waals surface area contributed by atoms with E-state index in [0.717, 1.165) is 29.2 Å². The molecule has 2 aliphatic rings. The van der Waals surface area contributed by atoms with E-state index in [-0.39, 0.29) is 23.3 Å². The molecule has 34 heavy (non-hydrogen) atoms. The van der Waals surface area contributed by atoms with Crippen LogP contribution >= 0.6 is 0 Å². The van der Waals surface area contributed by atoms with Crippen LogP contribution in [0, 0.1) is 5.92 Å². The molecule has 1 N–H and O–H groups in total. The second kappa shape index (κ2) is 9.25. The monoisotopic (exact) mass is 459 g/mol. The molecule has 1 saturated heterocycles. The smallest absolute Gasteiger partial charge is 0.274 e. The molecule has 1 aromatic heterocycles. The van der Waals surface area contributed by atoms with Crippen molar-refractivity contribution in [1.29, 1.82) is 0 Å². The van der Waals surface area contributed by atoms with Crippen LogP contribution in [0.2, 0.25) is 0 Å². The van der Waals surface area contributed by atoms with E-state index in [1.54, 1.807) is 14.2 Å². The fourth-order valence-corrected chi connectivity index (χ4v) is 5.10. The Balaban J connectivity index is 1.31. The zero-order chi connectivity index (χ0) is 23.7. The summed E-state index contributed by atoms with van der Waals surface area (Å²) in [5.74, 6) is 2.01. The van der Waals surface area contributed by atoms with Crippen molar-refractivity contribution in [2.75, 3.05) is 32.6 Å². The third kappa shape index (κ3) is 4.25. The molecule has 0 spiro atoms. The fraction of sp³-hybridized carbons (Fsp3) is 0.333. The lowest BCUT2D eigenvalue weighted by Gasteiger charge is -2.43. The first-order chi connectivity index (χ1) is 16.6. The molecule has 2 atom stereocenters. The number of fused-ring (bicyclic) bond motifs is 4. The van der Waals surface area contributed by atoms with Crippen LogP contribution in [0.4, 0.5) is 5.69 Å². The molecular weight excluding hydrogens is 430 g/mol. The van der Waals surface area contributed by atoms with Gasteiger partial charge in [-0.1, -0.05) is 12.1 Å². The zero-order valence-corrected chi connectivity index (χ0v) is 19.5. The molecule has 7 heteroatoms. The lowest BCUT2D eigenvalue weighted by atomic mass is 9.83. The maximum absolute atomic E-state index is 13.3. The highest BCUT2D eigenvalue weighted by molar-refractivity contribution is 5.94. The average Bonchev–Trinajstić information content (AvgIpc) is 2.88. The lowest BCUT2D eigenvalue weighted by Crippen LogP contribution is -2.49. The van der Waals surface area contributed by atoms with E-state index in [0.29, 0.717) is 37.4 Å². The van der Waals surface area contributed by atoms with Crippen LogP contribution in [-0.2, 0) is 13.1 Å². The summed E-state index contributed by atoms with van der Waals surface area (Å²) >= 11 is 0. The van der Waals surface area contributed by atoms with Crippen LogP contribution in [0.3, 0.4) is 0 Å². The topological polar surface area (TPSA) is 72.8 Å². The number of nitrogens with zero attached hydrogens (tertiary/aromatic N) is 2. The van der Waals surface area contributed by atoms with Gasteiger partial charge in [-0.15, -0.1) is 0 Å². The van der Waals surface area contributed by atoms with Crippen LogP contribution in [-0.4, -0.2) is 42.7 Å². The minimum Gasteiger partial charge on any atom is -0.497 e. The number of aromatic nitrogens is 1. The van der Waals surface area contributed by atoms with E-state index < -0.39 is 0 Å². The van der Waals surface area contributed by atoms with Gasteiger partial charge in [-0.3, -0.25) is 9.59 Å². The first-order valence-corrected chi connectivity index (χ1v) is 11.6. The Labute approximate surface area is 198 Å². The number of rotatable bonds is 6. The van der Waals surface area contributed by atoms with E-state index in [4.69, 9.17) is 9.47 Å². The molecule has 7 nitrogen and oxygen atoms in total. The molecule has 2 aliphatic heterocycles. The van der Waals surface area contributed by atoms with Gasteiger partial charge in [-0.25, -0.2) is 0 Å². The van der Waals surface area contributed by atoms with E-state index in [1.165, 1.54) is 0 Å².